The van der Waals surface area contributed by atoms with Crippen LogP contribution in [-0.4, -0.2) is 19.7 Å². The summed E-state index contributed by atoms with van der Waals surface area (Å²) in [5, 5.41) is 0.153. The largest absolute Gasteiger partial charge is 0.411 e. The first-order valence-electron chi connectivity index (χ1n) is 7.71. The molecule has 0 aromatic carbocycles. The van der Waals surface area contributed by atoms with Gasteiger partial charge in [0.25, 0.3) is 0 Å². The van der Waals surface area contributed by atoms with Gasteiger partial charge in [0.05, 0.1) is 5.60 Å². The Labute approximate surface area is 126 Å². The molecule has 0 saturated heterocycles. The normalized spacial score (nSPS) is 31.9. The Balaban J connectivity index is 3.10. The van der Waals surface area contributed by atoms with Crippen molar-refractivity contribution in [2.75, 3.05) is 0 Å². The molecule has 0 N–H and O–H groups in total. The lowest BCUT2D eigenvalue weighted by Crippen LogP contribution is -2.50. The molecule has 0 aliphatic heterocycles. The zero-order chi connectivity index (χ0) is 15.9. The molecule has 1 rings (SSSR count). The van der Waals surface area contributed by atoms with E-state index in [1.165, 1.54) is 0 Å². The molecular weight excluding hydrogens is 264 g/mol. The average Bonchev–Trinajstić information content (AvgIpc) is 2.45. The quantitative estimate of drug-likeness (QED) is 0.549. The standard InChI is InChI=1S/C17H32O2Si/c1-10-13-15(12(2)3)14(18)11-17(13,7)19-20(8,9)16(4,5)6/h10,12-13,15H,1,11H2,2-9H3/t13-,15-,17+/m1/s1. The zero-order valence-corrected chi connectivity index (χ0v) is 15.5. The molecule has 2 nitrogen and oxygen atoms in total. The summed E-state index contributed by atoms with van der Waals surface area (Å²) in [5.74, 6) is 0.868. The van der Waals surface area contributed by atoms with Crippen molar-refractivity contribution in [1.29, 1.82) is 0 Å². The fourth-order valence-electron chi connectivity index (χ4n) is 3.18. The number of hydrogen-bond acceptors (Lipinski definition) is 2. The highest BCUT2D eigenvalue weighted by molar-refractivity contribution is 6.74. The summed E-state index contributed by atoms with van der Waals surface area (Å²) < 4.78 is 6.65. The van der Waals surface area contributed by atoms with E-state index in [2.05, 4.69) is 61.2 Å². The Bertz CT molecular complexity index is 392. The fraction of sp³-hybridized carbons (Fsp3) is 0.824. The monoisotopic (exact) mass is 296 g/mol. The van der Waals surface area contributed by atoms with E-state index in [0.29, 0.717) is 18.1 Å². The molecule has 3 atom stereocenters. The van der Waals surface area contributed by atoms with Gasteiger partial charge in [0.1, 0.15) is 5.78 Å². The van der Waals surface area contributed by atoms with E-state index >= 15 is 0 Å². The van der Waals surface area contributed by atoms with Crippen LogP contribution < -0.4 is 0 Å². The fourth-order valence-corrected chi connectivity index (χ4v) is 4.86. The van der Waals surface area contributed by atoms with E-state index in [4.69, 9.17) is 4.43 Å². The molecule has 0 amide bonds. The number of carbonyl (C=O) groups is 1. The summed E-state index contributed by atoms with van der Waals surface area (Å²) in [7, 11) is -1.89. The summed E-state index contributed by atoms with van der Waals surface area (Å²) in [6.45, 7) is 21.6. The van der Waals surface area contributed by atoms with Crippen molar-refractivity contribution in [3.05, 3.63) is 12.7 Å². The first-order valence-corrected chi connectivity index (χ1v) is 10.6. The summed E-state index contributed by atoms with van der Waals surface area (Å²) in [5.41, 5.74) is -0.378. The van der Waals surface area contributed by atoms with Crippen LogP contribution in [0, 0.1) is 17.8 Å². The minimum atomic E-state index is -1.89. The van der Waals surface area contributed by atoms with E-state index in [1.807, 2.05) is 6.08 Å². The van der Waals surface area contributed by atoms with Gasteiger partial charge in [-0.15, -0.1) is 6.58 Å². The van der Waals surface area contributed by atoms with Crippen LogP contribution in [0.2, 0.25) is 18.1 Å². The summed E-state index contributed by atoms with van der Waals surface area (Å²) in [6.07, 6.45) is 2.47. The van der Waals surface area contributed by atoms with Crippen molar-refractivity contribution < 1.29 is 9.22 Å². The van der Waals surface area contributed by atoms with Crippen LogP contribution >= 0.6 is 0 Å². The SMILES string of the molecule is C=C[C@@H]1[C@@H](C(C)C)C(=O)C[C@]1(C)O[Si](C)(C)C(C)(C)C. The van der Waals surface area contributed by atoms with Crippen LogP contribution in [0.3, 0.4) is 0 Å². The molecule has 0 aromatic rings. The van der Waals surface area contributed by atoms with Gasteiger partial charge in [-0.05, 0) is 31.0 Å². The van der Waals surface area contributed by atoms with Gasteiger partial charge in [-0.3, -0.25) is 4.79 Å². The van der Waals surface area contributed by atoms with Crippen molar-refractivity contribution in [3.63, 3.8) is 0 Å². The van der Waals surface area contributed by atoms with Gasteiger partial charge in [-0.1, -0.05) is 40.7 Å². The summed E-state index contributed by atoms with van der Waals surface area (Å²) in [4.78, 5) is 12.4. The van der Waals surface area contributed by atoms with Crippen LogP contribution in [0.25, 0.3) is 0 Å². The van der Waals surface area contributed by atoms with Gasteiger partial charge >= 0.3 is 0 Å². The summed E-state index contributed by atoms with van der Waals surface area (Å²) >= 11 is 0. The van der Waals surface area contributed by atoms with Crippen LogP contribution in [-0.2, 0) is 9.22 Å². The molecule has 1 fully saturated rings. The molecule has 0 radical (unpaired) electrons. The molecule has 0 aromatic heterocycles. The number of ketones is 1. The lowest BCUT2D eigenvalue weighted by Gasteiger charge is -2.45. The Kier molecular flexibility index (Phi) is 4.77. The van der Waals surface area contributed by atoms with Crippen molar-refractivity contribution in [2.45, 2.75) is 71.7 Å². The van der Waals surface area contributed by atoms with Crippen molar-refractivity contribution >= 4 is 14.1 Å². The second-order valence-electron chi connectivity index (χ2n) is 8.35. The van der Waals surface area contributed by atoms with Crippen LogP contribution in [0.4, 0.5) is 0 Å². The Morgan fingerprint density at radius 2 is 1.90 bits per heavy atom. The third-order valence-electron chi connectivity index (χ3n) is 5.26. The maximum atomic E-state index is 12.4. The molecule has 0 bridgehead atoms. The minimum Gasteiger partial charge on any atom is -0.411 e. The van der Waals surface area contributed by atoms with Crippen molar-refractivity contribution in [3.8, 4) is 0 Å². The highest BCUT2D eigenvalue weighted by atomic mass is 28.4. The number of Topliss-reactive ketones (excluding diaryl/α,β-unsaturated/α-hetero) is 1. The Morgan fingerprint density at radius 3 is 2.25 bits per heavy atom. The predicted octanol–water partition coefficient (Wildman–Crippen LogP) is 4.81. The lowest BCUT2D eigenvalue weighted by atomic mass is 9.81. The molecule has 0 unspecified atom stereocenters. The second-order valence-corrected chi connectivity index (χ2v) is 13.1. The predicted molar refractivity (Wildman–Crippen MR) is 88.3 cm³/mol. The number of carbonyl (C=O) groups excluding carboxylic acids is 1. The van der Waals surface area contributed by atoms with E-state index in [9.17, 15) is 4.79 Å². The zero-order valence-electron chi connectivity index (χ0n) is 14.5. The lowest BCUT2D eigenvalue weighted by molar-refractivity contribution is -0.122. The molecular formula is C17H32O2Si. The van der Waals surface area contributed by atoms with Crippen LogP contribution in [0.5, 0.6) is 0 Å². The smallest absolute Gasteiger partial charge is 0.192 e. The maximum absolute atomic E-state index is 12.4. The highest BCUT2D eigenvalue weighted by Crippen LogP contribution is 2.49. The Morgan fingerprint density at radius 1 is 1.40 bits per heavy atom. The van der Waals surface area contributed by atoms with Crippen molar-refractivity contribution in [1.82, 2.24) is 0 Å². The van der Waals surface area contributed by atoms with Gasteiger partial charge in [0.2, 0.25) is 0 Å². The number of hydrogen-bond donors (Lipinski definition) is 0. The van der Waals surface area contributed by atoms with E-state index < -0.39 is 8.32 Å². The molecule has 0 spiro atoms. The van der Waals surface area contributed by atoms with Gasteiger partial charge in [0, 0.05) is 18.3 Å². The van der Waals surface area contributed by atoms with Crippen molar-refractivity contribution in [2.24, 2.45) is 17.8 Å². The van der Waals surface area contributed by atoms with E-state index in [0.717, 1.165) is 0 Å². The van der Waals surface area contributed by atoms with E-state index in [1.54, 1.807) is 0 Å². The molecule has 3 heteroatoms. The van der Waals surface area contributed by atoms with Gasteiger partial charge in [0.15, 0.2) is 8.32 Å². The maximum Gasteiger partial charge on any atom is 0.192 e. The van der Waals surface area contributed by atoms with Gasteiger partial charge in [-0.2, -0.15) is 0 Å². The molecule has 1 aliphatic rings. The third-order valence-corrected chi connectivity index (χ3v) is 9.84. The van der Waals surface area contributed by atoms with E-state index in [-0.39, 0.29) is 22.5 Å². The molecule has 0 heterocycles. The second kappa shape index (κ2) is 5.41. The Hall–Kier alpha value is -0.413. The molecule has 1 aliphatic carbocycles. The van der Waals surface area contributed by atoms with Gasteiger partial charge in [-0.25, -0.2) is 0 Å². The average molecular weight is 297 g/mol. The minimum absolute atomic E-state index is 0.0577. The molecule has 20 heavy (non-hydrogen) atoms. The third kappa shape index (κ3) is 3.09. The highest BCUT2D eigenvalue weighted by Gasteiger charge is 2.54. The topological polar surface area (TPSA) is 26.3 Å². The first-order chi connectivity index (χ1) is 8.85. The molecule has 116 valence electrons. The summed E-state index contributed by atoms with van der Waals surface area (Å²) in [6, 6.07) is 0. The van der Waals surface area contributed by atoms with Gasteiger partial charge < -0.3 is 4.43 Å². The molecule has 1 saturated carbocycles. The van der Waals surface area contributed by atoms with Crippen LogP contribution in [0.1, 0.15) is 48.0 Å². The first kappa shape index (κ1) is 17.6. The van der Waals surface area contributed by atoms with Crippen LogP contribution in [0.15, 0.2) is 12.7 Å². The number of rotatable bonds is 4.